The molecule has 2 aromatic rings. The van der Waals surface area contributed by atoms with Gasteiger partial charge >= 0.3 is 24.4 Å². The highest BCUT2D eigenvalue weighted by molar-refractivity contribution is 6.17. The van der Waals surface area contributed by atoms with Crippen molar-refractivity contribution in [1.82, 2.24) is 9.80 Å². The van der Waals surface area contributed by atoms with Gasteiger partial charge < -0.3 is 0 Å². The summed E-state index contributed by atoms with van der Waals surface area (Å²) < 4.78 is 81.3. The van der Waals surface area contributed by atoms with E-state index in [-0.39, 0.29) is 11.4 Å². The van der Waals surface area contributed by atoms with E-state index in [4.69, 9.17) is 10.5 Å². The van der Waals surface area contributed by atoms with Gasteiger partial charge in [-0.1, -0.05) is 12.2 Å². The Morgan fingerprint density at radius 1 is 0.652 bits per heavy atom. The zero-order chi connectivity index (χ0) is 34.6. The number of urea groups is 2. The lowest BCUT2D eigenvalue weighted by Crippen LogP contribution is -2.44. The molecule has 0 spiro atoms. The van der Waals surface area contributed by atoms with Crippen LogP contribution in [0.15, 0.2) is 48.6 Å². The van der Waals surface area contributed by atoms with Crippen molar-refractivity contribution in [2.45, 2.75) is 51.1 Å². The number of carbonyl (C=O) groups excluding carboxylic acids is 4. The third-order valence-electron chi connectivity index (χ3n) is 7.62. The van der Waals surface area contributed by atoms with E-state index < -0.39 is 82.7 Å². The van der Waals surface area contributed by atoms with Gasteiger partial charge in [0.05, 0.1) is 34.4 Å². The Kier molecular flexibility index (Phi) is 8.16. The molecule has 46 heavy (non-hydrogen) atoms. The van der Waals surface area contributed by atoms with Gasteiger partial charge in [0.2, 0.25) is 0 Å². The highest BCUT2D eigenvalue weighted by Gasteiger charge is 2.53. The lowest BCUT2D eigenvalue weighted by atomic mass is 10.0. The van der Waals surface area contributed by atoms with Crippen molar-refractivity contribution in [2.75, 3.05) is 22.9 Å². The van der Waals surface area contributed by atoms with Gasteiger partial charge in [-0.3, -0.25) is 29.2 Å². The molecule has 2 heterocycles. The zero-order valence-electron chi connectivity index (χ0n) is 24.6. The van der Waals surface area contributed by atoms with Gasteiger partial charge in [-0.2, -0.15) is 36.9 Å². The molecule has 2 aliphatic rings. The lowest BCUT2D eigenvalue weighted by molar-refractivity contribution is -0.138. The summed E-state index contributed by atoms with van der Waals surface area (Å²) in [6, 6.07) is 6.19. The van der Waals surface area contributed by atoms with Crippen LogP contribution in [0, 0.1) is 22.7 Å². The van der Waals surface area contributed by atoms with Crippen molar-refractivity contribution in [1.29, 1.82) is 10.5 Å². The highest BCUT2D eigenvalue weighted by Crippen LogP contribution is 2.40. The molecule has 10 nitrogen and oxygen atoms in total. The fourth-order valence-electron chi connectivity index (χ4n) is 5.30. The van der Waals surface area contributed by atoms with Crippen molar-refractivity contribution >= 4 is 35.3 Å². The first-order valence-electron chi connectivity index (χ1n) is 13.4. The molecule has 240 valence electrons. The summed E-state index contributed by atoms with van der Waals surface area (Å²) in [7, 11) is 0. The Bertz CT molecular complexity index is 1640. The molecular formula is C30H24F6N6O4. The Morgan fingerprint density at radius 2 is 0.978 bits per heavy atom. The molecule has 0 saturated carbocycles. The first-order valence-corrected chi connectivity index (χ1v) is 13.4. The van der Waals surface area contributed by atoms with Crippen molar-refractivity contribution in [3.63, 3.8) is 0 Å². The largest absolute Gasteiger partial charge is 0.417 e. The quantitative estimate of drug-likeness (QED) is 0.221. The predicted molar refractivity (Wildman–Crippen MR) is 149 cm³/mol. The smallest absolute Gasteiger partial charge is 0.279 e. The van der Waals surface area contributed by atoms with Crippen LogP contribution in [0.1, 0.15) is 49.9 Å². The summed E-state index contributed by atoms with van der Waals surface area (Å²) in [6.45, 7) is 4.52. The summed E-state index contributed by atoms with van der Waals surface area (Å²) in [5, 5.41) is 18.1. The number of hydrogen-bond donors (Lipinski definition) is 0. The summed E-state index contributed by atoms with van der Waals surface area (Å²) in [6.07, 6.45) is -7.27. The second-order valence-electron chi connectivity index (χ2n) is 11.3. The number of alkyl halides is 6. The van der Waals surface area contributed by atoms with E-state index in [1.54, 1.807) is 0 Å². The molecule has 0 aromatic heterocycles. The van der Waals surface area contributed by atoms with Gasteiger partial charge in [0.1, 0.15) is 11.1 Å². The maximum Gasteiger partial charge on any atom is 0.417 e. The van der Waals surface area contributed by atoms with Gasteiger partial charge in [0.25, 0.3) is 11.8 Å². The van der Waals surface area contributed by atoms with Crippen LogP contribution in [0.3, 0.4) is 0 Å². The molecule has 0 unspecified atom stereocenters. The first-order chi connectivity index (χ1) is 21.2. The molecule has 2 fully saturated rings. The number of carbonyl (C=O) groups is 4. The van der Waals surface area contributed by atoms with E-state index in [0.717, 1.165) is 43.9 Å². The molecule has 16 heteroatoms. The van der Waals surface area contributed by atoms with Crippen molar-refractivity contribution in [3.05, 3.63) is 70.8 Å². The SMILES string of the molecule is CC1(C)C(=O)N(CC=CCN2C(=O)N(c3ccc(C#N)c(C(F)(F)F)c3)C(C)(C)C2=O)C(=O)N1c1ccc(C#N)c(C(F)(F)F)c1. The lowest BCUT2D eigenvalue weighted by Gasteiger charge is -2.28. The summed E-state index contributed by atoms with van der Waals surface area (Å²) in [4.78, 5) is 56.0. The van der Waals surface area contributed by atoms with Crippen LogP contribution in [0.5, 0.6) is 0 Å². The van der Waals surface area contributed by atoms with Gasteiger partial charge in [-0.25, -0.2) is 9.59 Å². The van der Waals surface area contributed by atoms with Crippen molar-refractivity contribution in [3.8, 4) is 12.1 Å². The van der Waals surface area contributed by atoms with Gasteiger partial charge in [0, 0.05) is 24.5 Å². The van der Waals surface area contributed by atoms with Gasteiger partial charge in [-0.05, 0) is 64.1 Å². The summed E-state index contributed by atoms with van der Waals surface area (Å²) in [5.41, 5.74) is -7.68. The van der Waals surface area contributed by atoms with Crippen LogP contribution in [0.4, 0.5) is 47.3 Å². The maximum absolute atomic E-state index is 13.5. The molecule has 0 bridgehead atoms. The third-order valence-corrected chi connectivity index (χ3v) is 7.62. The van der Waals surface area contributed by atoms with E-state index in [2.05, 4.69) is 0 Å². The number of rotatable bonds is 6. The van der Waals surface area contributed by atoms with E-state index in [1.165, 1.54) is 52.0 Å². The van der Waals surface area contributed by atoms with Crippen molar-refractivity contribution in [2.24, 2.45) is 0 Å². The molecular weight excluding hydrogens is 622 g/mol. The van der Waals surface area contributed by atoms with Gasteiger partial charge in [-0.15, -0.1) is 0 Å². The van der Waals surface area contributed by atoms with Crippen LogP contribution in [-0.4, -0.2) is 57.8 Å². The minimum absolute atomic E-state index is 0.270. The minimum Gasteiger partial charge on any atom is -0.279 e. The topological polar surface area (TPSA) is 129 Å². The van der Waals surface area contributed by atoms with Crippen LogP contribution < -0.4 is 9.80 Å². The van der Waals surface area contributed by atoms with Crippen LogP contribution in [-0.2, 0) is 21.9 Å². The molecule has 0 radical (unpaired) electrons. The molecule has 0 aliphatic carbocycles. The third kappa shape index (κ3) is 5.51. The number of nitriles is 2. The second kappa shape index (κ2) is 11.2. The normalized spacial score (nSPS) is 18.2. The first kappa shape index (κ1) is 33.5. The summed E-state index contributed by atoms with van der Waals surface area (Å²) >= 11 is 0. The molecule has 2 aliphatic heterocycles. The molecule has 0 atom stereocenters. The van der Waals surface area contributed by atoms with E-state index in [0.29, 0.717) is 12.1 Å². The van der Waals surface area contributed by atoms with Crippen molar-refractivity contribution < 1.29 is 45.5 Å². The zero-order valence-corrected chi connectivity index (χ0v) is 24.6. The minimum atomic E-state index is -4.91. The standard InChI is InChI=1S/C30H24F6N6O4/c1-27(2)23(43)39(25(45)41(27)19-9-7-17(15-37)21(13-19)29(31,32)33)11-5-6-12-40-24(44)28(3,4)42(26(40)46)20-10-8-18(16-38)22(14-20)30(34,35)36/h5-10,13-14H,11-12H2,1-4H3. The summed E-state index contributed by atoms with van der Waals surface area (Å²) in [5.74, 6) is -1.52. The van der Waals surface area contributed by atoms with Crippen LogP contribution >= 0.6 is 0 Å². The molecule has 6 amide bonds. The average Bonchev–Trinajstić information content (AvgIpc) is 3.24. The van der Waals surface area contributed by atoms with E-state index in [9.17, 15) is 45.5 Å². The molecule has 4 rings (SSSR count). The number of hydrogen-bond acceptors (Lipinski definition) is 6. The number of halogens is 6. The molecule has 2 saturated heterocycles. The Balaban J connectivity index is 1.54. The van der Waals surface area contributed by atoms with Crippen LogP contribution in [0.25, 0.3) is 0 Å². The highest BCUT2D eigenvalue weighted by atomic mass is 19.4. The van der Waals surface area contributed by atoms with Gasteiger partial charge in [0.15, 0.2) is 0 Å². The van der Waals surface area contributed by atoms with Crippen LogP contribution in [0.2, 0.25) is 0 Å². The number of imide groups is 2. The Hall–Kier alpha value is -5.38. The fraction of sp³-hybridized carbons (Fsp3) is 0.333. The monoisotopic (exact) mass is 646 g/mol. The number of nitrogens with zero attached hydrogens (tertiary/aromatic N) is 6. The Labute approximate surface area is 258 Å². The Morgan fingerprint density at radius 3 is 1.26 bits per heavy atom. The number of anilines is 2. The fourth-order valence-corrected chi connectivity index (χ4v) is 5.30. The molecule has 0 N–H and O–H groups in total. The van der Waals surface area contributed by atoms with E-state index in [1.807, 2.05) is 0 Å². The molecule has 2 aromatic carbocycles. The number of benzene rings is 2. The number of amides is 6. The predicted octanol–water partition coefficient (Wildman–Crippen LogP) is 5.82. The van der Waals surface area contributed by atoms with E-state index >= 15 is 0 Å². The second-order valence-corrected chi connectivity index (χ2v) is 11.3. The maximum atomic E-state index is 13.5. The average molecular weight is 647 g/mol.